The first-order valence-electron chi connectivity index (χ1n) is 4.16. The molecule has 0 spiro atoms. The van der Waals surface area contributed by atoms with Gasteiger partial charge in [-0.3, -0.25) is 0 Å². The van der Waals surface area contributed by atoms with E-state index in [2.05, 4.69) is 0 Å². The van der Waals surface area contributed by atoms with Crippen LogP contribution in [0.4, 0.5) is 4.39 Å². The Hall–Kier alpha value is -0.790. The Morgan fingerprint density at radius 2 is 1.83 bits per heavy atom. The summed E-state index contributed by atoms with van der Waals surface area (Å²) in [5.41, 5.74) is 1.63. The molecular formula is C10H16FN. The number of aromatic nitrogens is 1. The molecule has 0 amide bonds. The van der Waals surface area contributed by atoms with E-state index in [1.165, 1.54) is 0 Å². The zero-order chi connectivity index (χ0) is 9.52. The van der Waals surface area contributed by atoms with Crippen molar-refractivity contribution in [2.24, 2.45) is 7.05 Å². The van der Waals surface area contributed by atoms with Gasteiger partial charge in [-0.2, -0.15) is 0 Å². The van der Waals surface area contributed by atoms with Gasteiger partial charge in [0.2, 0.25) is 0 Å². The molecule has 0 unspecified atom stereocenters. The van der Waals surface area contributed by atoms with E-state index < -0.39 is 0 Å². The van der Waals surface area contributed by atoms with Crippen molar-refractivity contribution in [2.45, 2.75) is 33.1 Å². The standard InChI is InChI=1S/C10H16FN/c1-7-6-8(11)9(12(7)5)10(2,3)4/h6H,1-5H3. The monoisotopic (exact) mass is 169 g/mol. The molecule has 0 N–H and O–H groups in total. The van der Waals surface area contributed by atoms with Crippen molar-refractivity contribution in [1.82, 2.24) is 4.57 Å². The molecular weight excluding hydrogens is 153 g/mol. The van der Waals surface area contributed by atoms with E-state index in [0.29, 0.717) is 0 Å². The number of hydrogen-bond donors (Lipinski definition) is 0. The summed E-state index contributed by atoms with van der Waals surface area (Å²) in [6.07, 6.45) is 0. The molecule has 0 fully saturated rings. The third-order valence-corrected chi connectivity index (χ3v) is 2.14. The van der Waals surface area contributed by atoms with Crippen LogP contribution in [0.2, 0.25) is 0 Å². The highest BCUT2D eigenvalue weighted by molar-refractivity contribution is 5.23. The predicted molar refractivity (Wildman–Crippen MR) is 48.8 cm³/mol. The Morgan fingerprint density at radius 1 is 1.33 bits per heavy atom. The molecule has 0 aliphatic heterocycles. The fourth-order valence-corrected chi connectivity index (χ4v) is 1.55. The Kier molecular flexibility index (Phi) is 2.02. The average molecular weight is 169 g/mol. The zero-order valence-corrected chi connectivity index (χ0v) is 8.40. The molecule has 0 aliphatic carbocycles. The summed E-state index contributed by atoms with van der Waals surface area (Å²) in [6, 6.07) is 1.58. The minimum atomic E-state index is -0.118. The lowest BCUT2D eigenvalue weighted by Gasteiger charge is -2.20. The van der Waals surface area contributed by atoms with Crippen LogP contribution in [0.3, 0.4) is 0 Å². The first kappa shape index (κ1) is 9.30. The summed E-state index contributed by atoms with van der Waals surface area (Å²) < 4.78 is 15.3. The van der Waals surface area contributed by atoms with E-state index in [1.54, 1.807) is 6.07 Å². The summed E-state index contributed by atoms with van der Waals surface area (Å²) >= 11 is 0. The Labute approximate surface area is 73.2 Å². The molecule has 0 saturated carbocycles. The van der Waals surface area contributed by atoms with Crippen molar-refractivity contribution in [3.05, 3.63) is 23.3 Å². The van der Waals surface area contributed by atoms with Crippen molar-refractivity contribution in [1.29, 1.82) is 0 Å². The van der Waals surface area contributed by atoms with Crippen LogP contribution in [0.25, 0.3) is 0 Å². The van der Waals surface area contributed by atoms with Gasteiger partial charge in [0.25, 0.3) is 0 Å². The van der Waals surface area contributed by atoms with E-state index in [0.717, 1.165) is 11.4 Å². The summed E-state index contributed by atoms with van der Waals surface area (Å²) in [6.45, 7) is 7.97. The number of aryl methyl sites for hydroxylation is 1. The van der Waals surface area contributed by atoms with Gasteiger partial charge in [-0.05, 0) is 13.0 Å². The van der Waals surface area contributed by atoms with E-state index in [4.69, 9.17) is 0 Å². The van der Waals surface area contributed by atoms with Crippen LogP contribution in [-0.2, 0) is 12.5 Å². The van der Waals surface area contributed by atoms with Gasteiger partial charge in [0, 0.05) is 18.2 Å². The Morgan fingerprint density at radius 3 is 2.00 bits per heavy atom. The van der Waals surface area contributed by atoms with Crippen molar-refractivity contribution in [3.63, 3.8) is 0 Å². The average Bonchev–Trinajstić information content (AvgIpc) is 2.05. The second kappa shape index (κ2) is 2.61. The van der Waals surface area contributed by atoms with Gasteiger partial charge in [0.1, 0.15) is 5.82 Å². The quantitative estimate of drug-likeness (QED) is 0.562. The highest BCUT2D eigenvalue weighted by Gasteiger charge is 2.22. The van der Waals surface area contributed by atoms with E-state index >= 15 is 0 Å². The van der Waals surface area contributed by atoms with Gasteiger partial charge < -0.3 is 4.57 Å². The highest BCUT2D eigenvalue weighted by atomic mass is 19.1. The predicted octanol–water partition coefficient (Wildman–Crippen LogP) is 2.77. The summed E-state index contributed by atoms with van der Waals surface area (Å²) in [5.74, 6) is -0.0949. The maximum Gasteiger partial charge on any atom is 0.144 e. The van der Waals surface area contributed by atoms with Crippen LogP contribution in [-0.4, -0.2) is 4.57 Å². The molecule has 1 rings (SSSR count). The molecule has 0 radical (unpaired) electrons. The fraction of sp³-hybridized carbons (Fsp3) is 0.600. The third-order valence-electron chi connectivity index (χ3n) is 2.14. The first-order valence-corrected chi connectivity index (χ1v) is 4.16. The van der Waals surface area contributed by atoms with Crippen molar-refractivity contribution >= 4 is 0 Å². The van der Waals surface area contributed by atoms with Gasteiger partial charge >= 0.3 is 0 Å². The van der Waals surface area contributed by atoms with Gasteiger partial charge in [0.05, 0.1) is 5.69 Å². The molecule has 1 nitrogen and oxygen atoms in total. The fourth-order valence-electron chi connectivity index (χ4n) is 1.55. The molecule has 0 saturated heterocycles. The summed E-state index contributed by atoms with van der Waals surface area (Å²) in [4.78, 5) is 0. The molecule has 0 bridgehead atoms. The molecule has 1 heterocycles. The lowest BCUT2D eigenvalue weighted by atomic mass is 9.92. The molecule has 68 valence electrons. The molecule has 0 aromatic carbocycles. The highest BCUT2D eigenvalue weighted by Crippen LogP contribution is 2.26. The number of rotatable bonds is 0. The van der Waals surface area contributed by atoms with Gasteiger partial charge in [-0.15, -0.1) is 0 Å². The van der Waals surface area contributed by atoms with E-state index in [-0.39, 0.29) is 11.2 Å². The molecule has 1 aromatic rings. The minimum absolute atomic E-state index is 0.0949. The molecule has 0 atom stereocenters. The van der Waals surface area contributed by atoms with Gasteiger partial charge in [-0.1, -0.05) is 20.8 Å². The SMILES string of the molecule is Cc1cc(F)c(C(C)(C)C)n1C. The maximum atomic E-state index is 13.3. The molecule has 1 aromatic heterocycles. The normalized spacial score (nSPS) is 12.2. The van der Waals surface area contributed by atoms with Crippen molar-refractivity contribution in [3.8, 4) is 0 Å². The number of halogens is 1. The van der Waals surface area contributed by atoms with Crippen LogP contribution in [0, 0.1) is 12.7 Å². The lowest BCUT2D eigenvalue weighted by Crippen LogP contribution is -2.17. The van der Waals surface area contributed by atoms with E-state index in [9.17, 15) is 4.39 Å². The maximum absolute atomic E-state index is 13.3. The third kappa shape index (κ3) is 1.38. The Bertz CT molecular complexity index is 292. The van der Waals surface area contributed by atoms with Crippen LogP contribution < -0.4 is 0 Å². The second-order valence-corrected chi connectivity index (χ2v) is 4.29. The van der Waals surface area contributed by atoms with Crippen LogP contribution in [0.1, 0.15) is 32.2 Å². The number of hydrogen-bond acceptors (Lipinski definition) is 0. The molecule has 2 heteroatoms. The van der Waals surface area contributed by atoms with Crippen molar-refractivity contribution in [2.75, 3.05) is 0 Å². The molecule has 12 heavy (non-hydrogen) atoms. The summed E-state index contributed by atoms with van der Waals surface area (Å²) in [7, 11) is 1.90. The van der Waals surface area contributed by atoms with Gasteiger partial charge in [-0.25, -0.2) is 4.39 Å². The number of nitrogens with zero attached hydrogens (tertiary/aromatic N) is 1. The zero-order valence-electron chi connectivity index (χ0n) is 8.40. The summed E-state index contributed by atoms with van der Waals surface area (Å²) in [5, 5.41) is 0. The smallest absolute Gasteiger partial charge is 0.144 e. The minimum Gasteiger partial charge on any atom is -0.349 e. The van der Waals surface area contributed by atoms with Crippen LogP contribution in [0.5, 0.6) is 0 Å². The largest absolute Gasteiger partial charge is 0.349 e. The lowest BCUT2D eigenvalue weighted by molar-refractivity contribution is 0.489. The Balaban J connectivity index is 3.32. The van der Waals surface area contributed by atoms with Gasteiger partial charge in [0.15, 0.2) is 0 Å². The molecule has 0 aliphatic rings. The van der Waals surface area contributed by atoms with Crippen molar-refractivity contribution < 1.29 is 4.39 Å². The van der Waals surface area contributed by atoms with Crippen LogP contribution in [0.15, 0.2) is 6.07 Å². The van der Waals surface area contributed by atoms with E-state index in [1.807, 2.05) is 39.3 Å². The first-order chi connectivity index (χ1) is 5.34. The van der Waals surface area contributed by atoms with Crippen LogP contribution >= 0.6 is 0 Å². The topological polar surface area (TPSA) is 4.93 Å². The second-order valence-electron chi connectivity index (χ2n) is 4.29.